The monoisotopic (exact) mass is 619 g/mol. The van der Waals surface area contributed by atoms with E-state index in [2.05, 4.69) is 10.1 Å². The molecule has 232 valence electrons. The van der Waals surface area contributed by atoms with E-state index in [1.165, 1.54) is 21.9 Å². The number of amides is 2. The fraction of sp³-hybridized carbons (Fsp3) is 0.267. The molecule has 4 rings (SSSR count). The molecular weight excluding hydrogens is 593 g/mol. The number of nitrogens with zero attached hydrogens (tertiary/aromatic N) is 2. The number of hydrogen-bond acceptors (Lipinski definition) is 6. The van der Waals surface area contributed by atoms with Gasteiger partial charge in [0.25, 0.3) is 0 Å². The molecule has 14 heteroatoms. The van der Waals surface area contributed by atoms with E-state index < -0.39 is 78.1 Å². The van der Waals surface area contributed by atoms with E-state index in [-0.39, 0.29) is 38.2 Å². The number of hydrogen-bond donors (Lipinski definition) is 2. The van der Waals surface area contributed by atoms with Crippen LogP contribution in [0.2, 0.25) is 0 Å². The van der Waals surface area contributed by atoms with Gasteiger partial charge in [0.15, 0.2) is 23.2 Å². The van der Waals surface area contributed by atoms with Gasteiger partial charge >= 0.3 is 5.97 Å². The third kappa shape index (κ3) is 8.16. The molecule has 1 unspecified atom stereocenters. The number of carbonyl (C=O) groups excluding carboxylic acids is 3. The molecule has 2 N–H and O–H groups in total. The van der Waals surface area contributed by atoms with Crippen molar-refractivity contribution < 1.29 is 51.0 Å². The zero-order chi connectivity index (χ0) is 32.0. The van der Waals surface area contributed by atoms with Gasteiger partial charge in [-0.05, 0) is 34.9 Å². The molecule has 3 aromatic rings. The molecule has 0 radical (unpaired) electrons. The Kier molecular flexibility index (Phi) is 10.3. The van der Waals surface area contributed by atoms with Gasteiger partial charge in [0.05, 0.1) is 19.5 Å². The van der Waals surface area contributed by atoms with Crippen LogP contribution in [0.5, 0.6) is 5.75 Å². The van der Waals surface area contributed by atoms with Gasteiger partial charge < -0.3 is 20.1 Å². The van der Waals surface area contributed by atoms with Crippen molar-refractivity contribution in [2.75, 3.05) is 32.8 Å². The van der Waals surface area contributed by atoms with E-state index in [9.17, 15) is 41.1 Å². The average Bonchev–Trinajstić information content (AvgIpc) is 2.97. The normalized spacial score (nSPS) is 14.3. The minimum atomic E-state index is -1.90. The molecule has 1 fully saturated rings. The van der Waals surface area contributed by atoms with Gasteiger partial charge in [-0.1, -0.05) is 30.3 Å². The number of carboxylic acids is 1. The zero-order valence-corrected chi connectivity index (χ0v) is 23.0. The van der Waals surface area contributed by atoms with Crippen molar-refractivity contribution in [2.24, 2.45) is 0 Å². The summed E-state index contributed by atoms with van der Waals surface area (Å²) in [6.45, 7) is -1.26. The van der Waals surface area contributed by atoms with Gasteiger partial charge in [-0.15, -0.1) is 0 Å². The number of halogens is 5. The Morgan fingerprint density at radius 2 is 1.59 bits per heavy atom. The molecule has 0 aliphatic carbocycles. The third-order valence-electron chi connectivity index (χ3n) is 6.74. The minimum Gasteiger partial charge on any atom is -0.481 e. The molecule has 1 saturated heterocycles. The van der Waals surface area contributed by atoms with E-state index in [4.69, 9.17) is 5.11 Å². The lowest BCUT2D eigenvalue weighted by Gasteiger charge is -2.34. The number of ether oxygens (including phenoxy) is 1. The second-order valence-electron chi connectivity index (χ2n) is 10.0. The molecule has 1 heterocycles. The summed E-state index contributed by atoms with van der Waals surface area (Å²) in [6.07, 6.45) is -0.929. The smallest absolute Gasteiger partial charge is 0.305 e. The van der Waals surface area contributed by atoms with Crippen LogP contribution in [0, 0.1) is 29.1 Å². The maximum atomic E-state index is 14.3. The van der Waals surface area contributed by atoms with Crippen molar-refractivity contribution in [1.82, 2.24) is 15.1 Å². The van der Waals surface area contributed by atoms with Gasteiger partial charge in [0.1, 0.15) is 18.5 Å². The van der Waals surface area contributed by atoms with E-state index in [1.54, 1.807) is 6.07 Å². The quantitative estimate of drug-likeness (QED) is 0.236. The lowest BCUT2D eigenvalue weighted by Crippen LogP contribution is -2.54. The van der Waals surface area contributed by atoms with Crippen molar-refractivity contribution in [3.05, 3.63) is 89.2 Å². The number of nitrogens with one attached hydrogen (secondary N) is 1. The van der Waals surface area contributed by atoms with Crippen LogP contribution in [-0.2, 0) is 25.7 Å². The summed E-state index contributed by atoms with van der Waals surface area (Å²) < 4.78 is 73.4. The van der Waals surface area contributed by atoms with Crippen LogP contribution in [0.15, 0.2) is 54.6 Å². The minimum absolute atomic E-state index is 0.0549. The average molecular weight is 620 g/mol. The number of ketones is 1. The zero-order valence-electron chi connectivity index (χ0n) is 23.0. The fourth-order valence-electron chi connectivity index (χ4n) is 4.60. The molecule has 1 atom stereocenters. The Labute approximate surface area is 247 Å². The summed E-state index contributed by atoms with van der Waals surface area (Å²) in [6, 6.07) is 11.9. The highest BCUT2D eigenvalue weighted by molar-refractivity contribution is 5.93. The molecule has 0 bridgehead atoms. The molecule has 44 heavy (non-hydrogen) atoms. The largest absolute Gasteiger partial charge is 0.481 e. The van der Waals surface area contributed by atoms with E-state index in [1.807, 2.05) is 30.3 Å². The van der Waals surface area contributed by atoms with Gasteiger partial charge in [-0.3, -0.25) is 24.1 Å². The number of carboxylic acid groups (broad SMARTS) is 1. The highest BCUT2D eigenvalue weighted by Crippen LogP contribution is 2.27. The number of aliphatic carboxylic acids is 1. The lowest BCUT2D eigenvalue weighted by atomic mass is 10.0. The molecule has 0 saturated carbocycles. The molecule has 1 aliphatic rings. The maximum absolute atomic E-state index is 14.3. The van der Waals surface area contributed by atoms with Crippen LogP contribution in [0.1, 0.15) is 12.0 Å². The van der Waals surface area contributed by atoms with Crippen LogP contribution >= 0.6 is 0 Å². The second kappa shape index (κ2) is 14.1. The molecule has 0 aromatic heterocycles. The van der Waals surface area contributed by atoms with Gasteiger partial charge in [0, 0.05) is 25.7 Å². The number of rotatable bonds is 12. The van der Waals surface area contributed by atoms with E-state index >= 15 is 0 Å². The first-order chi connectivity index (χ1) is 20.9. The predicted octanol–water partition coefficient (Wildman–Crippen LogP) is 3.30. The Hall–Kier alpha value is -4.85. The highest BCUT2D eigenvalue weighted by atomic mass is 19.2. The summed E-state index contributed by atoms with van der Waals surface area (Å²) >= 11 is 0. The van der Waals surface area contributed by atoms with Crippen molar-refractivity contribution in [2.45, 2.75) is 19.0 Å². The van der Waals surface area contributed by atoms with Crippen LogP contribution in [0.4, 0.5) is 22.0 Å². The van der Waals surface area contributed by atoms with Crippen LogP contribution in [0.3, 0.4) is 0 Å². The molecule has 9 nitrogen and oxygen atoms in total. The number of carbonyl (C=O) groups is 4. The standard InChI is InChI=1S/C30H26F5N3O6/c31-20-9-17(8-19(10-20)18-4-2-1-3-5-18)13-38-7-6-37(15-26(38)41)14-25(40)36-23(12-27(42)43)24(39)16-44-30-28(34)21(32)11-22(33)29(30)35/h1-5,8-11,23H,6-7,12-16H2,(H,36,40)(H,42,43). The molecular formula is C30H26F5N3O6. The molecule has 2 amide bonds. The molecule has 3 aromatic carbocycles. The second-order valence-corrected chi connectivity index (χ2v) is 10.0. The van der Waals surface area contributed by atoms with Crippen LogP contribution < -0.4 is 10.1 Å². The third-order valence-corrected chi connectivity index (χ3v) is 6.74. The Morgan fingerprint density at radius 1 is 0.909 bits per heavy atom. The summed E-state index contributed by atoms with van der Waals surface area (Å²) in [4.78, 5) is 52.2. The Morgan fingerprint density at radius 3 is 2.23 bits per heavy atom. The summed E-state index contributed by atoms with van der Waals surface area (Å²) in [5.74, 6) is -13.1. The first-order valence-electron chi connectivity index (χ1n) is 13.3. The number of Topliss-reactive ketones (excluding diaryl/α,β-unsaturated/α-hetero) is 1. The summed E-state index contributed by atoms with van der Waals surface area (Å²) in [7, 11) is 0. The summed E-state index contributed by atoms with van der Waals surface area (Å²) in [5.41, 5.74) is 2.03. The SMILES string of the molecule is O=C(O)CC(NC(=O)CN1CCN(Cc2cc(F)cc(-c3ccccc3)c2)C(=O)C1)C(=O)COc1c(F)c(F)cc(F)c1F. The van der Waals surface area contributed by atoms with Crippen molar-refractivity contribution in [3.63, 3.8) is 0 Å². The van der Waals surface area contributed by atoms with E-state index in [0.717, 1.165) is 5.56 Å². The Balaban J connectivity index is 1.32. The van der Waals surface area contributed by atoms with Gasteiger partial charge in [-0.25, -0.2) is 13.2 Å². The van der Waals surface area contributed by atoms with Crippen LogP contribution in [0.25, 0.3) is 11.1 Å². The lowest BCUT2D eigenvalue weighted by molar-refractivity contribution is -0.140. The highest BCUT2D eigenvalue weighted by Gasteiger charge is 2.29. The maximum Gasteiger partial charge on any atom is 0.305 e. The number of piperazine rings is 1. The van der Waals surface area contributed by atoms with Gasteiger partial charge in [0.2, 0.25) is 23.4 Å². The summed E-state index contributed by atoms with van der Waals surface area (Å²) in [5, 5.41) is 11.3. The molecule has 1 aliphatic heterocycles. The molecule has 0 spiro atoms. The van der Waals surface area contributed by atoms with Crippen molar-refractivity contribution >= 4 is 23.6 Å². The Bertz CT molecular complexity index is 1550. The first-order valence-corrected chi connectivity index (χ1v) is 13.3. The van der Waals surface area contributed by atoms with E-state index in [0.29, 0.717) is 11.1 Å². The predicted molar refractivity (Wildman–Crippen MR) is 145 cm³/mol. The number of benzene rings is 3. The van der Waals surface area contributed by atoms with Crippen molar-refractivity contribution in [3.8, 4) is 16.9 Å². The van der Waals surface area contributed by atoms with Gasteiger partial charge in [-0.2, -0.15) is 8.78 Å². The topological polar surface area (TPSA) is 116 Å². The van der Waals surface area contributed by atoms with Crippen LogP contribution in [-0.4, -0.2) is 77.3 Å². The first kappa shape index (κ1) is 32.1. The fourth-order valence-corrected chi connectivity index (χ4v) is 4.60. The van der Waals surface area contributed by atoms with Crippen molar-refractivity contribution in [1.29, 1.82) is 0 Å².